The second-order valence-corrected chi connectivity index (χ2v) is 5.75. The van der Waals surface area contributed by atoms with E-state index < -0.39 is 0 Å². The molecule has 0 aliphatic rings. The van der Waals surface area contributed by atoms with Gasteiger partial charge in [-0.1, -0.05) is 11.6 Å². The van der Waals surface area contributed by atoms with Crippen molar-refractivity contribution in [2.45, 2.75) is 12.6 Å². The maximum Gasteiger partial charge on any atom is 0.126 e. The minimum absolute atomic E-state index is 0.0161. The van der Waals surface area contributed by atoms with Gasteiger partial charge < -0.3 is 9.40 Å². The van der Waals surface area contributed by atoms with E-state index in [4.69, 9.17) is 16.0 Å². The molecular weight excluding hydrogens is 282 g/mol. The molecule has 0 saturated heterocycles. The van der Waals surface area contributed by atoms with Crippen LogP contribution in [0.2, 0.25) is 4.34 Å². The number of halogens is 1. The summed E-state index contributed by atoms with van der Waals surface area (Å²) in [5, 5.41) is 3.42. The molecule has 0 saturated carbocycles. The Kier molecular flexibility index (Phi) is 3.68. The quantitative estimate of drug-likeness (QED) is 0.756. The molecule has 4 nitrogen and oxygen atoms in total. The first-order valence-electron chi connectivity index (χ1n) is 5.83. The molecule has 6 heteroatoms. The molecule has 0 radical (unpaired) electrons. The molecule has 0 spiro atoms. The third-order valence-corrected chi connectivity index (χ3v) is 4.03. The van der Waals surface area contributed by atoms with Gasteiger partial charge in [-0.05, 0) is 24.3 Å². The maximum absolute atomic E-state index is 6.01. The fraction of sp³-hybridized carbons (Fsp3) is 0.154. The second kappa shape index (κ2) is 5.61. The molecule has 0 amide bonds. The van der Waals surface area contributed by atoms with Crippen molar-refractivity contribution in [2.75, 3.05) is 0 Å². The Morgan fingerprint density at radius 2 is 2.37 bits per heavy atom. The van der Waals surface area contributed by atoms with Crippen LogP contribution in [0.15, 0.2) is 47.3 Å². The third kappa shape index (κ3) is 2.89. The fourth-order valence-electron chi connectivity index (χ4n) is 1.87. The van der Waals surface area contributed by atoms with E-state index in [-0.39, 0.29) is 6.04 Å². The first-order chi connectivity index (χ1) is 9.33. The molecule has 0 bridgehead atoms. The van der Waals surface area contributed by atoms with Crippen LogP contribution in [0.3, 0.4) is 0 Å². The van der Waals surface area contributed by atoms with E-state index in [1.54, 1.807) is 30.0 Å². The Labute approximate surface area is 119 Å². The highest BCUT2D eigenvalue weighted by Gasteiger charge is 2.18. The van der Waals surface area contributed by atoms with Crippen LogP contribution < -0.4 is 5.32 Å². The Balaban J connectivity index is 1.80. The van der Waals surface area contributed by atoms with E-state index in [0.29, 0.717) is 6.54 Å². The largest absolute Gasteiger partial charge is 0.467 e. The van der Waals surface area contributed by atoms with Gasteiger partial charge in [0, 0.05) is 17.3 Å². The third-order valence-electron chi connectivity index (χ3n) is 2.73. The predicted octanol–water partition coefficient (Wildman–Crippen LogP) is 3.60. The molecule has 3 aromatic rings. The normalized spacial score (nSPS) is 12.7. The van der Waals surface area contributed by atoms with Gasteiger partial charge in [0.1, 0.15) is 17.6 Å². The Bertz CT molecular complexity index is 618. The monoisotopic (exact) mass is 293 g/mol. The summed E-state index contributed by atoms with van der Waals surface area (Å²) >= 11 is 7.55. The lowest BCUT2D eigenvalue weighted by Gasteiger charge is -2.14. The van der Waals surface area contributed by atoms with Crippen molar-refractivity contribution >= 4 is 22.9 Å². The summed E-state index contributed by atoms with van der Waals surface area (Å²) in [6.07, 6.45) is 5.22. The van der Waals surface area contributed by atoms with Crippen molar-refractivity contribution in [3.8, 4) is 0 Å². The lowest BCUT2D eigenvalue weighted by Crippen LogP contribution is -2.21. The van der Waals surface area contributed by atoms with Gasteiger partial charge in [-0.15, -0.1) is 11.3 Å². The average Bonchev–Trinajstić information content (AvgIpc) is 3.11. The van der Waals surface area contributed by atoms with Crippen molar-refractivity contribution < 1.29 is 4.42 Å². The molecule has 3 heterocycles. The number of aromatic amines is 1. The summed E-state index contributed by atoms with van der Waals surface area (Å²) in [4.78, 5) is 8.38. The number of nitrogens with one attached hydrogen (secondary N) is 2. The summed E-state index contributed by atoms with van der Waals surface area (Å²) < 4.78 is 6.27. The molecule has 2 N–H and O–H groups in total. The predicted molar refractivity (Wildman–Crippen MR) is 75.3 cm³/mol. The average molecular weight is 294 g/mol. The molecule has 1 unspecified atom stereocenters. The number of rotatable bonds is 5. The zero-order valence-corrected chi connectivity index (χ0v) is 11.5. The molecular formula is C13H12ClN3OS. The highest BCUT2D eigenvalue weighted by Crippen LogP contribution is 2.31. The lowest BCUT2D eigenvalue weighted by molar-refractivity contribution is 0.446. The zero-order valence-electron chi connectivity index (χ0n) is 9.97. The van der Waals surface area contributed by atoms with Gasteiger partial charge in [0.15, 0.2) is 0 Å². The maximum atomic E-state index is 6.01. The van der Waals surface area contributed by atoms with Gasteiger partial charge in [-0.2, -0.15) is 0 Å². The molecule has 98 valence electrons. The topological polar surface area (TPSA) is 53.9 Å². The standard InChI is InChI=1S/C13H12ClN3OS/c14-11-4-3-10(19-11)13(9-2-1-7-18-9)17-8-12-15-5-6-16-12/h1-7,13,17H,8H2,(H,15,16). The smallest absolute Gasteiger partial charge is 0.126 e. The Morgan fingerprint density at radius 1 is 1.42 bits per heavy atom. The molecule has 0 aromatic carbocycles. The summed E-state index contributed by atoms with van der Waals surface area (Å²) in [5.74, 6) is 1.75. The summed E-state index contributed by atoms with van der Waals surface area (Å²) in [6, 6.07) is 7.72. The van der Waals surface area contributed by atoms with Crippen LogP contribution in [0, 0.1) is 0 Å². The SMILES string of the molecule is Clc1ccc(C(NCc2ncc[nH]2)c2ccco2)s1. The number of hydrogen-bond donors (Lipinski definition) is 2. The van der Waals surface area contributed by atoms with E-state index in [1.807, 2.05) is 24.3 Å². The van der Waals surface area contributed by atoms with E-state index in [0.717, 1.165) is 20.8 Å². The van der Waals surface area contributed by atoms with Gasteiger partial charge in [-0.3, -0.25) is 5.32 Å². The van der Waals surface area contributed by atoms with E-state index in [1.165, 1.54) is 0 Å². The minimum atomic E-state index is -0.0161. The fourth-order valence-corrected chi connectivity index (χ4v) is 3.02. The van der Waals surface area contributed by atoms with Gasteiger partial charge in [0.2, 0.25) is 0 Å². The van der Waals surface area contributed by atoms with Gasteiger partial charge in [0.25, 0.3) is 0 Å². The molecule has 3 rings (SSSR count). The van der Waals surface area contributed by atoms with Crippen LogP contribution in [-0.2, 0) is 6.54 Å². The lowest BCUT2D eigenvalue weighted by atomic mass is 10.2. The van der Waals surface area contributed by atoms with Crippen molar-refractivity contribution in [2.24, 2.45) is 0 Å². The number of H-pyrrole nitrogens is 1. The molecule has 0 fully saturated rings. The molecule has 0 aliphatic heterocycles. The van der Waals surface area contributed by atoms with Crippen LogP contribution in [-0.4, -0.2) is 9.97 Å². The number of thiophene rings is 1. The number of hydrogen-bond acceptors (Lipinski definition) is 4. The van der Waals surface area contributed by atoms with Crippen molar-refractivity contribution in [1.82, 2.24) is 15.3 Å². The summed E-state index contributed by atoms with van der Waals surface area (Å²) in [6.45, 7) is 0.633. The van der Waals surface area contributed by atoms with E-state index in [9.17, 15) is 0 Å². The first kappa shape index (κ1) is 12.5. The summed E-state index contributed by atoms with van der Waals surface area (Å²) in [5.41, 5.74) is 0. The highest BCUT2D eigenvalue weighted by molar-refractivity contribution is 7.16. The van der Waals surface area contributed by atoms with Gasteiger partial charge >= 0.3 is 0 Å². The second-order valence-electron chi connectivity index (χ2n) is 4.01. The van der Waals surface area contributed by atoms with Crippen LogP contribution in [0.5, 0.6) is 0 Å². The number of furan rings is 1. The van der Waals surface area contributed by atoms with Crippen molar-refractivity contribution in [1.29, 1.82) is 0 Å². The van der Waals surface area contributed by atoms with Crippen molar-refractivity contribution in [3.63, 3.8) is 0 Å². The number of aromatic nitrogens is 2. The van der Waals surface area contributed by atoms with E-state index in [2.05, 4.69) is 15.3 Å². The van der Waals surface area contributed by atoms with Crippen LogP contribution >= 0.6 is 22.9 Å². The molecule has 1 atom stereocenters. The number of nitrogens with zero attached hydrogens (tertiary/aromatic N) is 1. The van der Waals surface area contributed by atoms with Crippen LogP contribution in [0.4, 0.5) is 0 Å². The van der Waals surface area contributed by atoms with Crippen LogP contribution in [0.1, 0.15) is 22.5 Å². The molecule has 19 heavy (non-hydrogen) atoms. The molecule has 3 aromatic heterocycles. The minimum Gasteiger partial charge on any atom is -0.467 e. The Hall–Kier alpha value is -1.56. The molecule has 0 aliphatic carbocycles. The van der Waals surface area contributed by atoms with Crippen molar-refractivity contribution in [3.05, 3.63) is 63.7 Å². The number of imidazole rings is 1. The summed E-state index contributed by atoms with van der Waals surface area (Å²) in [7, 11) is 0. The highest BCUT2D eigenvalue weighted by atomic mass is 35.5. The van der Waals surface area contributed by atoms with Gasteiger partial charge in [-0.25, -0.2) is 4.98 Å². The Morgan fingerprint density at radius 3 is 3.00 bits per heavy atom. The van der Waals surface area contributed by atoms with Gasteiger partial charge in [0.05, 0.1) is 17.1 Å². The first-order valence-corrected chi connectivity index (χ1v) is 7.02. The van der Waals surface area contributed by atoms with Crippen LogP contribution in [0.25, 0.3) is 0 Å². The zero-order chi connectivity index (χ0) is 13.1. The van der Waals surface area contributed by atoms with E-state index >= 15 is 0 Å².